The molecule has 0 unspecified atom stereocenters. The molecule has 0 atom stereocenters. The number of rotatable bonds is 11. The Bertz CT molecular complexity index is 2060. The van der Waals surface area contributed by atoms with Gasteiger partial charge in [0.2, 0.25) is 5.91 Å². The highest BCUT2D eigenvalue weighted by molar-refractivity contribution is 7.22. The van der Waals surface area contributed by atoms with E-state index in [2.05, 4.69) is 15.6 Å². The van der Waals surface area contributed by atoms with E-state index in [1.807, 2.05) is 30.1 Å². The number of nitrogens with zero attached hydrogens (tertiary/aromatic N) is 5. The first-order chi connectivity index (χ1) is 23.0. The lowest BCUT2D eigenvalue weighted by Crippen LogP contribution is -2.41. The fraction of sp³-hybridized carbons (Fsp3) is 0.265. The standard InChI is InChI=1S/C34H35F2N7O4S/c1-37-33(46)39-22-13-11-21(12-14-22)30-25(19-41(4)18-23-8-5-6-16-38-23)29-31(45)42(17-15-28(44)40(2)3)34(47)43(32(29)48-30)20-24-26(35)9-7-10-27(24)36/h5-14,16H,15,17-20H2,1-4H3,(H2,37,39,46). The van der Waals surface area contributed by atoms with Gasteiger partial charge in [0.05, 0.1) is 17.6 Å². The maximum Gasteiger partial charge on any atom is 0.332 e. The molecule has 3 heterocycles. The summed E-state index contributed by atoms with van der Waals surface area (Å²) >= 11 is 1.16. The number of urea groups is 1. The van der Waals surface area contributed by atoms with Crippen LogP contribution in [0.3, 0.4) is 0 Å². The average Bonchev–Trinajstić information content (AvgIpc) is 3.43. The number of benzene rings is 2. The van der Waals surface area contributed by atoms with Gasteiger partial charge in [-0.15, -0.1) is 11.3 Å². The van der Waals surface area contributed by atoms with Crippen LogP contribution in [0.25, 0.3) is 20.7 Å². The highest BCUT2D eigenvalue weighted by atomic mass is 32.1. The Morgan fingerprint density at radius 3 is 2.23 bits per heavy atom. The van der Waals surface area contributed by atoms with E-state index in [0.29, 0.717) is 28.2 Å². The third-order valence-corrected chi connectivity index (χ3v) is 9.10. The summed E-state index contributed by atoms with van der Waals surface area (Å²) in [7, 11) is 6.52. The lowest BCUT2D eigenvalue weighted by atomic mass is 10.1. The Labute approximate surface area is 279 Å². The van der Waals surface area contributed by atoms with Gasteiger partial charge >= 0.3 is 11.7 Å². The molecule has 0 aliphatic carbocycles. The largest absolute Gasteiger partial charge is 0.349 e. The number of thiophene rings is 1. The van der Waals surface area contributed by atoms with Crippen molar-refractivity contribution in [3.8, 4) is 10.4 Å². The maximum atomic E-state index is 15.0. The average molecular weight is 676 g/mol. The summed E-state index contributed by atoms with van der Waals surface area (Å²) in [5.74, 6) is -1.95. The Kier molecular flexibility index (Phi) is 10.4. The van der Waals surface area contributed by atoms with Crippen molar-refractivity contribution < 1.29 is 18.4 Å². The Hall–Kier alpha value is -5.21. The Morgan fingerprint density at radius 2 is 1.60 bits per heavy atom. The van der Waals surface area contributed by atoms with Crippen molar-refractivity contribution in [1.82, 2.24) is 29.2 Å². The molecule has 0 aliphatic rings. The normalized spacial score (nSPS) is 11.2. The van der Waals surface area contributed by atoms with Crippen LogP contribution in [-0.2, 0) is 31.0 Å². The van der Waals surface area contributed by atoms with Crippen LogP contribution < -0.4 is 21.9 Å². The minimum Gasteiger partial charge on any atom is -0.349 e. The van der Waals surface area contributed by atoms with Crippen molar-refractivity contribution in [3.05, 3.63) is 116 Å². The monoisotopic (exact) mass is 675 g/mol. The van der Waals surface area contributed by atoms with Crippen LogP contribution in [-0.4, -0.2) is 64.0 Å². The van der Waals surface area contributed by atoms with Crippen LogP contribution in [0.2, 0.25) is 0 Å². The summed E-state index contributed by atoms with van der Waals surface area (Å²) < 4.78 is 32.1. The molecule has 3 aromatic heterocycles. The molecule has 0 fully saturated rings. The van der Waals surface area contributed by atoms with E-state index in [0.717, 1.165) is 33.7 Å². The molecule has 250 valence electrons. The van der Waals surface area contributed by atoms with Crippen LogP contribution in [0.4, 0.5) is 19.3 Å². The number of fused-ring (bicyclic) bond motifs is 1. The van der Waals surface area contributed by atoms with Crippen molar-refractivity contribution in [2.45, 2.75) is 32.6 Å². The van der Waals surface area contributed by atoms with E-state index in [1.54, 1.807) is 44.6 Å². The first-order valence-electron chi connectivity index (χ1n) is 15.1. The zero-order chi connectivity index (χ0) is 34.5. The number of pyridine rings is 1. The number of hydrogen-bond donors (Lipinski definition) is 2. The van der Waals surface area contributed by atoms with Crippen LogP contribution in [0.5, 0.6) is 0 Å². The predicted octanol–water partition coefficient (Wildman–Crippen LogP) is 4.47. The molecule has 11 nitrogen and oxygen atoms in total. The van der Waals surface area contributed by atoms with E-state index in [1.165, 1.54) is 22.6 Å². The zero-order valence-corrected chi connectivity index (χ0v) is 27.7. The lowest BCUT2D eigenvalue weighted by molar-refractivity contribution is -0.128. The summed E-state index contributed by atoms with van der Waals surface area (Å²) in [6.45, 7) is -0.00692. The Balaban J connectivity index is 1.74. The molecule has 0 aliphatic heterocycles. The van der Waals surface area contributed by atoms with Crippen LogP contribution in [0, 0.1) is 11.6 Å². The number of hydrogen-bond acceptors (Lipinski definition) is 7. The molecular weight excluding hydrogens is 640 g/mol. The summed E-state index contributed by atoms with van der Waals surface area (Å²) in [5, 5.41) is 5.42. The SMILES string of the molecule is CNC(=O)Nc1ccc(-c2sc3c(c2CN(C)Cc2ccccn2)c(=O)n(CCC(=O)N(C)C)c(=O)n3Cc2c(F)cccc2F)cc1. The van der Waals surface area contributed by atoms with Crippen LogP contribution in [0.15, 0.2) is 76.4 Å². The molecule has 0 spiro atoms. The molecule has 2 N–H and O–H groups in total. The van der Waals surface area contributed by atoms with Gasteiger partial charge in [0.15, 0.2) is 0 Å². The van der Waals surface area contributed by atoms with Gasteiger partial charge in [0.25, 0.3) is 5.56 Å². The first kappa shape index (κ1) is 34.1. The smallest absolute Gasteiger partial charge is 0.332 e. The van der Waals surface area contributed by atoms with Crippen molar-refractivity contribution in [1.29, 1.82) is 0 Å². The van der Waals surface area contributed by atoms with E-state index < -0.39 is 29.4 Å². The number of amides is 3. The second-order valence-electron chi connectivity index (χ2n) is 11.4. The van der Waals surface area contributed by atoms with Gasteiger partial charge in [0.1, 0.15) is 16.5 Å². The number of halogens is 2. The molecule has 5 rings (SSSR count). The molecule has 3 amide bonds. The van der Waals surface area contributed by atoms with Gasteiger partial charge in [-0.25, -0.2) is 18.4 Å². The van der Waals surface area contributed by atoms with Gasteiger partial charge in [0, 0.05) is 69.5 Å². The second kappa shape index (κ2) is 14.7. The molecule has 0 saturated carbocycles. The highest BCUT2D eigenvalue weighted by Crippen LogP contribution is 2.38. The number of nitrogens with one attached hydrogen (secondary N) is 2. The molecule has 0 radical (unpaired) electrons. The van der Waals surface area contributed by atoms with E-state index >= 15 is 0 Å². The summed E-state index contributed by atoms with van der Waals surface area (Å²) in [6, 6.07) is 15.6. The van der Waals surface area contributed by atoms with Crippen molar-refractivity contribution in [3.63, 3.8) is 0 Å². The predicted molar refractivity (Wildman–Crippen MR) is 182 cm³/mol. The van der Waals surface area contributed by atoms with E-state index in [-0.39, 0.29) is 47.2 Å². The molecule has 48 heavy (non-hydrogen) atoms. The van der Waals surface area contributed by atoms with Gasteiger partial charge in [-0.3, -0.25) is 28.6 Å². The summed E-state index contributed by atoms with van der Waals surface area (Å²) in [5.41, 5.74) is 0.918. The summed E-state index contributed by atoms with van der Waals surface area (Å²) in [4.78, 5) is 61.3. The molecule has 5 aromatic rings. The number of anilines is 1. The summed E-state index contributed by atoms with van der Waals surface area (Å²) in [6.07, 6.45) is 1.56. The fourth-order valence-corrected chi connectivity index (χ4v) is 6.61. The third-order valence-electron chi connectivity index (χ3n) is 7.80. The molecular formula is C34H35F2N7O4S. The minimum atomic E-state index is -0.832. The molecule has 0 bridgehead atoms. The zero-order valence-electron chi connectivity index (χ0n) is 26.9. The minimum absolute atomic E-state index is 0.132. The van der Waals surface area contributed by atoms with Gasteiger partial charge in [-0.05, 0) is 54.6 Å². The van der Waals surface area contributed by atoms with Crippen molar-refractivity contribution in [2.75, 3.05) is 33.5 Å². The fourth-order valence-electron chi connectivity index (χ4n) is 5.30. The molecule has 2 aromatic carbocycles. The lowest BCUT2D eigenvalue weighted by Gasteiger charge is -2.18. The third kappa shape index (κ3) is 7.34. The van der Waals surface area contributed by atoms with Crippen molar-refractivity contribution >= 4 is 39.2 Å². The molecule has 0 saturated heterocycles. The highest BCUT2D eigenvalue weighted by Gasteiger charge is 2.25. The first-order valence-corrected chi connectivity index (χ1v) is 15.9. The van der Waals surface area contributed by atoms with E-state index in [9.17, 15) is 28.0 Å². The van der Waals surface area contributed by atoms with Gasteiger partial charge in [-0.2, -0.15) is 0 Å². The van der Waals surface area contributed by atoms with Gasteiger partial charge < -0.3 is 15.5 Å². The van der Waals surface area contributed by atoms with Gasteiger partial charge in [-0.1, -0.05) is 24.3 Å². The number of carbonyl (C=O) groups excluding carboxylic acids is 2. The number of carbonyl (C=O) groups is 2. The van der Waals surface area contributed by atoms with Crippen molar-refractivity contribution in [2.24, 2.45) is 0 Å². The maximum absolute atomic E-state index is 15.0. The second-order valence-corrected chi connectivity index (χ2v) is 12.4. The topological polar surface area (TPSA) is 122 Å². The quantitative estimate of drug-likeness (QED) is 0.213. The van der Waals surface area contributed by atoms with Crippen LogP contribution >= 0.6 is 11.3 Å². The molecule has 14 heteroatoms. The Morgan fingerprint density at radius 1 is 0.896 bits per heavy atom. The van der Waals surface area contributed by atoms with E-state index in [4.69, 9.17) is 0 Å². The number of aromatic nitrogens is 3. The van der Waals surface area contributed by atoms with Crippen LogP contribution in [0.1, 0.15) is 23.2 Å².